The molecule has 17 heavy (non-hydrogen) atoms. The summed E-state index contributed by atoms with van der Waals surface area (Å²) in [6.07, 6.45) is 3.33. The first-order valence-corrected chi connectivity index (χ1v) is 5.27. The van der Waals surface area contributed by atoms with Crippen LogP contribution >= 0.6 is 0 Å². The van der Waals surface area contributed by atoms with E-state index in [9.17, 15) is 0 Å². The number of aromatic nitrogens is 2. The number of pyridine rings is 1. The van der Waals surface area contributed by atoms with E-state index >= 15 is 0 Å². The third-order valence-electron chi connectivity index (χ3n) is 2.50. The van der Waals surface area contributed by atoms with Crippen molar-refractivity contribution in [2.24, 2.45) is 0 Å². The largest absolute Gasteiger partial charge is 0.489 e. The molecule has 0 spiro atoms. The number of ether oxygens (including phenoxy) is 2. The normalized spacial score (nSPS) is 12.3. The van der Waals surface area contributed by atoms with Crippen molar-refractivity contribution in [3.8, 4) is 11.8 Å². The first-order valence-electron chi connectivity index (χ1n) is 5.27. The molecule has 2 rings (SSSR count). The Balaban J connectivity index is 2.18. The van der Waals surface area contributed by atoms with Crippen LogP contribution in [0.5, 0.6) is 5.75 Å². The van der Waals surface area contributed by atoms with Crippen molar-refractivity contribution in [3.05, 3.63) is 30.1 Å². The van der Waals surface area contributed by atoms with Gasteiger partial charge in [0.1, 0.15) is 18.4 Å². The Hall–Kier alpha value is -2.06. The van der Waals surface area contributed by atoms with Crippen LogP contribution in [0.3, 0.4) is 0 Å². The van der Waals surface area contributed by atoms with E-state index in [0.717, 1.165) is 5.52 Å². The highest BCUT2D eigenvalue weighted by atomic mass is 16.5. The summed E-state index contributed by atoms with van der Waals surface area (Å²) in [6.45, 7) is 2.41. The Bertz CT molecular complexity index is 556. The number of methoxy groups -OCH3 is 1. The molecule has 0 aliphatic rings. The molecule has 0 N–H and O–H groups in total. The van der Waals surface area contributed by atoms with Crippen LogP contribution in [0.2, 0.25) is 0 Å². The molecule has 0 aliphatic carbocycles. The summed E-state index contributed by atoms with van der Waals surface area (Å²) in [5.74, 6) is 0.703. The predicted octanol–water partition coefficient (Wildman–Crippen LogP) is 1.62. The predicted molar refractivity (Wildman–Crippen MR) is 61.9 cm³/mol. The maximum absolute atomic E-state index is 8.85. The molecule has 2 aromatic heterocycles. The number of rotatable bonds is 4. The molecular formula is C12H13N3O2. The minimum Gasteiger partial charge on any atom is -0.489 e. The van der Waals surface area contributed by atoms with E-state index in [1.54, 1.807) is 17.8 Å². The fraction of sp³-hybridized carbons (Fsp3) is 0.333. The topological polar surface area (TPSA) is 59.5 Å². The average Bonchev–Trinajstić information content (AvgIpc) is 2.78. The molecule has 0 aliphatic heterocycles. The molecule has 0 aromatic carbocycles. The van der Waals surface area contributed by atoms with Gasteiger partial charge in [-0.3, -0.25) is 0 Å². The SMILES string of the molecule is CO[C@@H](C)COc1ccc2c(C#N)cnn2c1. The molecule has 5 heteroatoms. The summed E-state index contributed by atoms with van der Waals surface area (Å²) < 4.78 is 12.3. The highest BCUT2D eigenvalue weighted by Gasteiger charge is 2.05. The van der Waals surface area contributed by atoms with Crippen molar-refractivity contribution in [1.82, 2.24) is 9.61 Å². The molecule has 0 unspecified atom stereocenters. The molecule has 0 saturated heterocycles. The average molecular weight is 231 g/mol. The van der Waals surface area contributed by atoms with Gasteiger partial charge in [0.15, 0.2) is 0 Å². The van der Waals surface area contributed by atoms with E-state index in [-0.39, 0.29) is 6.10 Å². The molecule has 1 atom stereocenters. The van der Waals surface area contributed by atoms with Gasteiger partial charge in [-0.15, -0.1) is 0 Å². The Morgan fingerprint density at radius 1 is 1.53 bits per heavy atom. The summed E-state index contributed by atoms with van der Waals surface area (Å²) >= 11 is 0. The summed E-state index contributed by atoms with van der Waals surface area (Å²) in [4.78, 5) is 0. The van der Waals surface area contributed by atoms with Gasteiger partial charge in [-0.25, -0.2) is 4.52 Å². The first kappa shape index (κ1) is 11.4. The molecular weight excluding hydrogens is 218 g/mol. The summed E-state index contributed by atoms with van der Waals surface area (Å²) in [5, 5.41) is 12.9. The van der Waals surface area contributed by atoms with Crippen LogP contribution < -0.4 is 4.74 Å². The molecule has 0 fully saturated rings. The van der Waals surface area contributed by atoms with Crippen LogP contribution in [0.25, 0.3) is 5.52 Å². The lowest BCUT2D eigenvalue weighted by Gasteiger charge is -2.11. The van der Waals surface area contributed by atoms with Gasteiger partial charge in [0.25, 0.3) is 0 Å². The van der Waals surface area contributed by atoms with Crippen LogP contribution in [0.1, 0.15) is 12.5 Å². The van der Waals surface area contributed by atoms with E-state index in [2.05, 4.69) is 11.2 Å². The van der Waals surface area contributed by atoms with Crippen molar-refractivity contribution >= 4 is 5.52 Å². The number of hydrogen-bond donors (Lipinski definition) is 0. The third-order valence-corrected chi connectivity index (χ3v) is 2.50. The highest BCUT2D eigenvalue weighted by molar-refractivity contribution is 5.60. The van der Waals surface area contributed by atoms with Crippen molar-refractivity contribution < 1.29 is 9.47 Å². The zero-order valence-electron chi connectivity index (χ0n) is 9.75. The lowest BCUT2D eigenvalue weighted by atomic mass is 10.3. The molecule has 5 nitrogen and oxygen atoms in total. The van der Waals surface area contributed by atoms with Crippen molar-refractivity contribution in [3.63, 3.8) is 0 Å². The van der Waals surface area contributed by atoms with Gasteiger partial charge in [0.05, 0.1) is 29.6 Å². The standard InChI is InChI=1S/C12H13N3O2/c1-9(16-2)8-17-11-3-4-12-10(5-13)6-14-15(12)7-11/h3-4,6-7,9H,8H2,1-2H3/t9-/m0/s1. The van der Waals surface area contributed by atoms with Gasteiger partial charge in [-0.2, -0.15) is 10.4 Å². The zero-order chi connectivity index (χ0) is 12.3. The fourth-order valence-electron chi connectivity index (χ4n) is 1.42. The molecule has 0 amide bonds. The Labute approximate surface area is 99.2 Å². The van der Waals surface area contributed by atoms with Crippen LogP contribution in [0.15, 0.2) is 24.5 Å². The number of nitriles is 1. The lowest BCUT2D eigenvalue weighted by molar-refractivity contribution is 0.0715. The van der Waals surface area contributed by atoms with Gasteiger partial charge < -0.3 is 9.47 Å². The van der Waals surface area contributed by atoms with Gasteiger partial charge in [-0.05, 0) is 19.1 Å². The summed E-state index contributed by atoms with van der Waals surface area (Å²) in [7, 11) is 1.64. The second kappa shape index (κ2) is 4.85. The minimum atomic E-state index is 0.0398. The third kappa shape index (κ3) is 2.37. The molecule has 2 aromatic rings. The molecule has 0 bridgehead atoms. The number of nitrogens with zero attached hydrogens (tertiary/aromatic N) is 3. The second-order valence-electron chi connectivity index (χ2n) is 3.72. The second-order valence-corrected chi connectivity index (χ2v) is 3.72. The van der Waals surface area contributed by atoms with Gasteiger partial charge in [0, 0.05) is 7.11 Å². The minimum absolute atomic E-state index is 0.0398. The fourth-order valence-corrected chi connectivity index (χ4v) is 1.42. The molecule has 0 saturated carbocycles. The highest BCUT2D eigenvalue weighted by Crippen LogP contribution is 2.16. The first-order chi connectivity index (χ1) is 8.24. The van der Waals surface area contributed by atoms with Crippen molar-refractivity contribution in [2.75, 3.05) is 13.7 Å². The van der Waals surface area contributed by atoms with E-state index < -0.39 is 0 Å². The van der Waals surface area contributed by atoms with Crippen LogP contribution in [0.4, 0.5) is 0 Å². The maximum Gasteiger partial charge on any atom is 0.137 e. The summed E-state index contributed by atoms with van der Waals surface area (Å²) in [6, 6.07) is 5.72. The van der Waals surface area contributed by atoms with Gasteiger partial charge in [0.2, 0.25) is 0 Å². The van der Waals surface area contributed by atoms with Crippen molar-refractivity contribution in [1.29, 1.82) is 5.26 Å². The monoisotopic (exact) mass is 231 g/mol. The quantitative estimate of drug-likeness (QED) is 0.802. The summed E-state index contributed by atoms with van der Waals surface area (Å²) in [5.41, 5.74) is 1.33. The number of fused-ring (bicyclic) bond motifs is 1. The van der Waals surface area contributed by atoms with Crippen molar-refractivity contribution in [2.45, 2.75) is 13.0 Å². The van der Waals surface area contributed by atoms with E-state index in [4.69, 9.17) is 14.7 Å². The van der Waals surface area contributed by atoms with Gasteiger partial charge in [-0.1, -0.05) is 0 Å². The Kier molecular flexibility index (Phi) is 3.26. The lowest BCUT2D eigenvalue weighted by Crippen LogP contribution is -2.16. The van der Waals surface area contributed by atoms with E-state index in [1.165, 1.54) is 6.20 Å². The van der Waals surface area contributed by atoms with E-state index in [0.29, 0.717) is 17.9 Å². The van der Waals surface area contributed by atoms with Crippen LogP contribution in [0, 0.1) is 11.3 Å². The van der Waals surface area contributed by atoms with Gasteiger partial charge >= 0.3 is 0 Å². The smallest absolute Gasteiger partial charge is 0.137 e. The molecule has 88 valence electrons. The van der Waals surface area contributed by atoms with Crippen LogP contribution in [-0.4, -0.2) is 29.4 Å². The maximum atomic E-state index is 8.85. The van der Waals surface area contributed by atoms with E-state index in [1.807, 2.05) is 19.1 Å². The molecule has 0 radical (unpaired) electrons. The Morgan fingerprint density at radius 2 is 2.35 bits per heavy atom. The van der Waals surface area contributed by atoms with Crippen LogP contribution in [-0.2, 0) is 4.74 Å². The molecule has 2 heterocycles. The number of hydrogen-bond acceptors (Lipinski definition) is 4. The zero-order valence-corrected chi connectivity index (χ0v) is 9.75. The Morgan fingerprint density at radius 3 is 3.06 bits per heavy atom.